The second kappa shape index (κ2) is 6.19. The summed E-state index contributed by atoms with van der Waals surface area (Å²) in [5, 5.41) is 8.69. The van der Waals surface area contributed by atoms with Crippen molar-refractivity contribution in [2.45, 2.75) is 13.0 Å². The number of hydrogen-bond acceptors (Lipinski definition) is 3. The van der Waals surface area contributed by atoms with E-state index in [9.17, 15) is 9.59 Å². The van der Waals surface area contributed by atoms with E-state index in [-0.39, 0.29) is 5.91 Å². The SMILES string of the molecule is C[C@@H](C(=O)O)N(C)C(=O)/C=C/CN(C)C. The molecule has 0 rings (SSSR count). The summed E-state index contributed by atoms with van der Waals surface area (Å²) in [5.74, 6) is -1.31. The number of amides is 1. The Balaban J connectivity index is 4.21. The maximum absolute atomic E-state index is 11.4. The van der Waals surface area contributed by atoms with Gasteiger partial charge in [0, 0.05) is 19.7 Å². The fraction of sp³-hybridized carbons (Fsp3) is 0.600. The van der Waals surface area contributed by atoms with Crippen molar-refractivity contribution in [1.82, 2.24) is 9.80 Å². The highest BCUT2D eigenvalue weighted by Gasteiger charge is 2.19. The standard InChI is InChI=1S/C10H18N2O3/c1-8(10(14)15)12(4)9(13)6-5-7-11(2)3/h5-6,8H,7H2,1-4H3,(H,14,15)/b6-5+/t8-/m0/s1. The van der Waals surface area contributed by atoms with Gasteiger partial charge in [0.05, 0.1) is 0 Å². The molecular formula is C10H18N2O3. The van der Waals surface area contributed by atoms with Gasteiger partial charge < -0.3 is 14.9 Å². The monoisotopic (exact) mass is 214 g/mol. The van der Waals surface area contributed by atoms with E-state index >= 15 is 0 Å². The lowest BCUT2D eigenvalue weighted by Crippen LogP contribution is -2.39. The zero-order chi connectivity index (χ0) is 12.0. The predicted molar refractivity (Wildman–Crippen MR) is 57.6 cm³/mol. The van der Waals surface area contributed by atoms with Crippen molar-refractivity contribution in [2.24, 2.45) is 0 Å². The quantitative estimate of drug-likeness (QED) is 0.656. The van der Waals surface area contributed by atoms with E-state index in [2.05, 4.69) is 0 Å². The van der Waals surface area contributed by atoms with E-state index < -0.39 is 12.0 Å². The topological polar surface area (TPSA) is 60.9 Å². The lowest BCUT2D eigenvalue weighted by atomic mass is 10.3. The summed E-state index contributed by atoms with van der Waals surface area (Å²) in [6.07, 6.45) is 3.09. The number of carbonyl (C=O) groups is 2. The van der Waals surface area contributed by atoms with Gasteiger partial charge in [0.15, 0.2) is 0 Å². The molecule has 86 valence electrons. The molecule has 0 bridgehead atoms. The van der Waals surface area contributed by atoms with Crippen molar-refractivity contribution < 1.29 is 14.7 Å². The molecule has 1 amide bonds. The molecule has 0 saturated carbocycles. The molecule has 0 spiro atoms. The zero-order valence-electron chi connectivity index (χ0n) is 9.60. The number of rotatable bonds is 5. The van der Waals surface area contributed by atoms with Crippen molar-refractivity contribution >= 4 is 11.9 Å². The Morgan fingerprint density at radius 2 is 1.87 bits per heavy atom. The summed E-state index contributed by atoms with van der Waals surface area (Å²) in [6.45, 7) is 2.13. The van der Waals surface area contributed by atoms with E-state index in [0.717, 1.165) is 0 Å². The lowest BCUT2D eigenvalue weighted by Gasteiger charge is -2.19. The molecule has 0 aliphatic rings. The van der Waals surface area contributed by atoms with Gasteiger partial charge in [-0.05, 0) is 21.0 Å². The van der Waals surface area contributed by atoms with Gasteiger partial charge in [-0.2, -0.15) is 0 Å². The van der Waals surface area contributed by atoms with Gasteiger partial charge in [-0.25, -0.2) is 4.79 Å². The van der Waals surface area contributed by atoms with Crippen LogP contribution < -0.4 is 0 Å². The Morgan fingerprint density at radius 3 is 2.27 bits per heavy atom. The predicted octanol–water partition coefficient (Wildman–Crippen LogP) is 0.0357. The molecule has 15 heavy (non-hydrogen) atoms. The van der Waals surface area contributed by atoms with Crippen LogP contribution in [0.25, 0.3) is 0 Å². The Morgan fingerprint density at radius 1 is 1.33 bits per heavy atom. The summed E-state index contributed by atoms with van der Waals surface area (Å²) in [5.41, 5.74) is 0. The Bertz CT molecular complexity index is 261. The number of carboxylic acids is 1. The van der Waals surface area contributed by atoms with Gasteiger partial charge in [-0.3, -0.25) is 4.79 Å². The fourth-order valence-corrected chi connectivity index (χ4v) is 0.838. The summed E-state index contributed by atoms with van der Waals surface area (Å²) in [6, 6.07) is -0.804. The molecule has 0 radical (unpaired) electrons. The smallest absolute Gasteiger partial charge is 0.326 e. The minimum absolute atomic E-state index is 0.299. The first-order valence-corrected chi connectivity index (χ1v) is 4.67. The highest BCUT2D eigenvalue weighted by atomic mass is 16.4. The van der Waals surface area contributed by atoms with Gasteiger partial charge >= 0.3 is 5.97 Å². The first kappa shape index (κ1) is 13.6. The second-order valence-electron chi connectivity index (χ2n) is 3.63. The molecule has 5 nitrogen and oxygen atoms in total. The van der Waals surface area contributed by atoms with Crippen molar-refractivity contribution in [2.75, 3.05) is 27.7 Å². The summed E-state index contributed by atoms with van der Waals surface area (Å²) in [7, 11) is 5.25. The van der Waals surface area contributed by atoms with Gasteiger partial charge in [0.1, 0.15) is 6.04 Å². The van der Waals surface area contributed by atoms with Crippen molar-refractivity contribution in [3.05, 3.63) is 12.2 Å². The highest BCUT2D eigenvalue weighted by Crippen LogP contribution is 1.97. The molecule has 0 heterocycles. The van der Waals surface area contributed by atoms with Crippen LogP contribution in [0.15, 0.2) is 12.2 Å². The number of carboxylic acid groups (broad SMARTS) is 1. The summed E-state index contributed by atoms with van der Waals surface area (Å²) < 4.78 is 0. The van der Waals surface area contributed by atoms with E-state index in [1.165, 1.54) is 24.9 Å². The Labute approximate surface area is 90.0 Å². The maximum atomic E-state index is 11.4. The molecule has 0 unspecified atom stereocenters. The van der Waals surface area contributed by atoms with Crippen LogP contribution >= 0.6 is 0 Å². The van der Waals surface area contributed by atoms with Gasteiger partial charge in [0.25, 0.3) is 0 Å². The molecule has 1 atom stereocenters. The highest BCUT2D eigenvalue weighted by molar-refractivity contribution is 5.90. The van der Waals surface area contributed by atoms with Crippen LogP contribution in [-0.2, 0) is 9.59 Å². The molecular weight excluding hydrogens is 196 g/mol. The Hall–Kier alpha value is -1.36. The lowest BCUT2D eigenvalue weighted by molar-refractivity contribution is -0.146. The van der Waals surface area contributed by atoms with Gasteiger partial charge in [-0.1, -0.05) is 6.08 Å². The molecule has 0 aromatic rings. The van der Waals surface area contributed by atoms with Crippen LogP contribution in [-0.4, -0.2) is 60.5 Å². The molecule has 0 aliphatic carbocycles. The largest absolute Gasteiger partial charge is 0.480 e. The zero-order valence-corrected chi connectivity index (χ0v) is 9.60. The molecule has 0 aliphatic heterocycles. The fourth-order valence-electron chi connectivity index (χ4n) is 0.838. The molecule has 0 saturated heterocycles. The second-order valence-corrected chi connectivity index (χ2v) is 3.63. The molecule has 0 aromatic heterocycles. The molecule has 5 heteroatoms. The third-order valence-electron chi connectivity index (χ3n) is 2.02. The molecule has 0 fully saturated rings. The van der Waals surface area contributed by atoms with E-state index in [0.29, 0.717) is 6.54 Å². The number of hydrogen-bond donors (Lipinski definition) is 1. The van der Waals surface area contributed by atoms with Crippen molar-refractivity contribution in [3.8, 4) is 0 Å². The first-order valence-electron chi connectivity index (χ1n) is 4.67. The van der Waals surface area contributed by atoms with Gasteiger partial charge in [0.2, 0.25) is 5.91 Å². The number of aliphatic carboxylic acids is 1. The van der Waals surface area contributed by atoms with E-state index in [4.69, 9.17) is 5.11 Å². The minimum Gasteiger partial charge on any atom is -0.480 e. The number of carbonyl (C=O) groups excluding carboxylic acids is 1. The maximum Gasteiger partial charge on any atom is 0.326 e. The van der Waals surface area contributed by atoms with Crippen molar-refractivity contribution in [1.29, 1.82) is 0 Å². The van der Waals surface area contributed by atoms with E-state index in [1.54, 1.807) is 6.08 Å². The summed E-state index contributed by atoms with van der Waals surface area (Å²) in [4.78, 5) is 25.1. The summed E-state index contributed by atoms with van der Waals surface area (Å²) >= 11 is 0. The normalized spacial score (nSPS) is 13.1. The average molecular weight is 214 g/mol. The van der Waals surface area contributed by atoms with Crippen LogP contribution in [0.5, 0.6) is 0 Å². The third-order valence-corrected chi connectivity index (χ3v) is 2.02. The number of likely N-dealkylation sites (N-methyl/N-ethyl adjacent to an activating group) is 2. The minimum atomic E-state index is -1.01. The molecule has 1 N–H and O–H groups in total. The first-order chi connectivity index (χ1) is 6.86. The van der Waals surface area contributed by atoms with Crippen LogP contribution in [0.3, 0.4) is 0 Å². The van der Waals surface area contributed by atoms with Gasteiger partial charge in [-0.15, -0.1) is 0 Å². The molecule has 0 aromatic carbocycles. The van der Waals surface area contributed by atoms with Crippen molar-refractivity contribution in [3.63, 3.8) is 0 Å². The Kier molecular flexibility index (Phi) is 5.62. The van der Waals surface area contributed by atoms with Crippen LogP contribution in [0, 0.1) is 0 Å². The van der Waals surface area contributed by atoms with Crippen LogP contribution in [0.1, 0.15) is 6.92 Å². The van der Waals surface area contributed by atoms with Crippen LogP contribution in [0.4, 0.5) is 0 Å². The van der Waals surface area contributed by atoms with Crippen LogP contribution in [0.2, 0.25) is 0 Å². The number of nitrogens with zero attached hydrogens (tertiary/aromatic N) is 2. The third kappa shape index (κ3) is 5.17. The van der Waals surface area contributed by atoms with E-state index in [1.807, 2.05) is 19.0 Å². The average Bonchev–Trinajstić information content (AvgIpc) is 2.14.